The Morgan fingerprint density at radius 1 is 0.434 bits per heavy atom. The van der Waals surface area contributed by atoms with Gasteiger partial charge in [0, 0.05) is 12.8 Å². The molecule has 2 aliphatic rings. The molecule has 2 saturated heterocycles. The number of unbranched alkanes of at least 4 members (excludes halogenated alkanes) is 23. The van der Waals surface area contributed by atoms with Crippen molar-refractivity contribution in [2.45, 2.75) is 287 Å². The third-order valence-electron chi connectivity index (χ3n) is 14.0. The number of hydrogen-bond donors (Lipinski definition) is 7. The molecule has 4 unspecified atom stereocenters. The van der Waals surface area contributed by atoms with Crippen LogP contribution in [-0.4, -0.2) is 142 Å². The predicted octanol–water partition coefficient (Wildman–Crippen LogP) is 10.4. The van der Waals surface area contributed by atoms with E-state index in [0.717, 1.165) is 70.6 Å². The van der Waals surface area contributed by atoms with Crippen LogP contribution in [0, 0.1) is 0 Å². The molecule has 0 spiro atoms. The lowest BCUT2D eigenvalue weighted by Crippen LogP contribution is -2.61. The lowest BCUT2D eigenvalue weighted by atomic mass is 9.98. The summed E-state index contributed by atoms with van der Waals surface area (Å²) in [6.07, 6.45) is 39.5. The highest BCUT2D eigenvalue weighted by atomic mass is 16.7. The summed E-state index contributed by atoms with van der Waals surface area (Å²) in [5.74, 6) is -0.956. The third kappa shape index (κ3) is 33.6. The summed E-state index contributed by atoms with van der Waals surface area (Å²) in [6, 6.07) is 0. The van der Waals surface area contributed by atoms with Gasteiger partial charge in [-0.25, -0.2) is 0 Å². The fraction of sp³-hybridized carbons (Fsp3) is 0.803. The van der Waals surface area contributed by atoms with Gasteiger partial charge < -0.3 is 64.2 Å². The molecule has 0 radical (unpaired) electrons. The van der Waals surface area contributed by atoms with E-state index in [1.807, 2.05) is 0 Å². The predicted molar refractivity (Wildman–Crippen MR) is 298 cm³/mol. The summed E-state index contributed by atoms with van der Waals surface area (Å²) in [4.78, 5) is 25.9. The molecule has 15 heteroatoms. The quantitative estimate of drug-likeness (QED) is 0.0171. The number of allylic oxidation sites excluding steroid dienone is 10. The SMILES string of the molecule is CC/C=C/C/C=C/C/C=C/C/C=C/C/C=C/CCCCCC(=O)OC[C@H](CO[C@H]1O[C@@H](CO[C@H]2O[C@@H](CO)[C@@H](O)C(O)C2O)[C@@H](O)C(O)C1O)OC(=O)CCCCCCCCCCCCCCCCCCCCCCC. The maximum atomic E-state index is 13.1. The summed E-state index contributed by atoms with van der Waals surface area (Å²) in [7, 11) is 0. The molecule has 440 valence electrons. The minimum Gasteiger partial charge on any atom is -0.462 e. The Bertz CT molecular complexity index is 1550. The largest absolute Gasteiger partial charge is 0.462 e. The zero-order valence-corrected chi connectivity index (χ0v) is 47.0. The number of carbonyl (C=O) groups excluding carboxylic acids is 2. The van der Waals surface area contributed by atoms with Gasteiger partial charge in [0.25, 0.3) is 0 Å². The molecule has 15 nitrogen and oxygen atoms in total. The first-order valence-electron chi connectivity index (χ1n) is 29.9. The normalized spacial score (nSPS) is 24.8. The highest BCUT2D eigenvalue weighted by Crippen LogP contribution is 2.27. The first-order valence-corrected chi connectivity index (χ1v) is 29.9. The van der Waals surface area contributed by atoms with Crippen molar-refractivity contribution in [1.82, 2.24) is 0 Å². The lowest BCUT2D eigenvalue weighted by molar-refractivity contribution is -0.332. The second-order valence-electron chi connectivity index (χ2n) is 20.8. The van der Waals surface area contributed by atoms with E-state index in [1.54, 1.807) is 0 Å². The smallest absolute Gasteiger partial charge is 0.306 e. The molecule has 0 aromatic heterocycles. The van der Waals surface area contributed by atoms with Crippen molar-refractivity contribution >= 4 is 11.9 Å². The van der Waals surface area contributed by atoms with Crippen LogP contribution >= 0.6 is 0 Å². The highest BCUT2D eigenvalue weighted by molar-refractivity contribution is 5.70. The van der Waals surface area contributed by atoms with Gasteiger partial charge >= 0.3 is 11.9 Å². The highest BCUT2D eigenvalue weighted by Gasteiger charge is 2.47. The van der Waals surface area contributed by atoms with E-state index in [9.17, 15) is 45.3 Å². The second-order valence-corrected chi connectivity index (χ2v) is 20.8. The van der Waals surface area contributed by atoms with Gasteiger partial charge in [0.05, 0.1) is 19.8 Å². The summed E-state index contributed by atoms with van der Waals surface area (Å²) in [5.41, 5.74) is 0. The van der Waals surface area contributed by atoms with Gasteiger partial charge in [0.1, 0.15) is 55.4 Å². The Morgan fingerprint density at radius 3 is 1.30 bits per heavy atom. The average Bonchev–Trinajstić information content (AvgIpc) is 3.42. The van der Waals surface area contributed by atoms with Crippen LogP contribution in [0.1, 0.15) is 219 Å². The molecule has 0 amide bonds. The first-order chi connectivity index (χ1) is 37.0. The number of rotatable bonds is 47. The number of aliphatic hydroxyl groups is 7. The van der Waals surface area contributed by atoms with E-state index in [2.05, 4.69) is 74.6 Å². The average molecular weight is 1080 g/mol. The van der Waals surface area contributed by atoms with Crippen LogP contribution in [0.5, 0.6) is 0 Å². The van der Waals surface area contributed by atoms with Crippen LogP contribution in [-0.2, 0) is 38.0 Å². The van der Waals surface area contributed by atoms with E-state index in [4.69, 9.17) is 28.4 Å². The van der Waals surface area contributed by atoms with Crippen molar-refractivity contribution in [3.8, 4) is 0 Å². The zero-order chi connectivity index (χ0) is 55.3. The second kappa shape index (κ2) is 47.1. The van der Waals surface area contributed by atoms with Crippen molar-refractivity contribution in [3.63, 3.8) is 0 Å². The van der Waals surface area contributed by atoms with Gasteiger partial charge in [-0.1, -0.05) is 209 Å². The lowest BCUT2D eigenvalue weighted by Gasteiger charge is -2.42. The number of hydrogen-bond acceptors (Lipinski definition) is 15. The molecule has 2 heterocycles. The monoisotopic (exact) mass is 1080 g/mol. The number of esters is 2. The molecule has 11 atom stereocenters. The number of carbonyl (C=O) groups is 2. The zero-order valence-electron chi connectivity index (χ0n) is 47.0. The van der Waals surface area contributed by atoms with Gasteiger partial charge in [-0.2, -0.15) is 0 Å². The Kier molecular flexibility index (Phi) is 42.9. The van der Waals surface area contributed by atoms with Crippen molar-refractivity contribution in [1.29, 1.82) is 0 Å². The van der Waals surface area contributed by atoms with Gasteiger partial charge in [-0.05, 0) is 57.8 Å². The number of ether oxygens (including phenoxy) is 6. The third-order valence-corrected chi connectivity index (χ3v) is 14.0. The molecule has 0 bridgehead atoms. The summed E-state index contributed by atoms with van der Waals surface area (Å²) >= 11 is 0. The summed E-state index contributed by atoms with van der Waals surface area (Å²) in [6.45, 7) is 2.48. The van der Waals surface area contributed by atoms with Gasteiger partial charge in [0.15, 0.2) is 18.7 Å². The molecule has 7 N–H and O–H groups in total. The van der Waals surface area contributed by atoms with E-state index in [1.165, 1.54) is 109 Å². The molecule has 2 aliphatic heterocycles. The fourth-order valence-corrected chi connectivity index (χ4v) is 9.19. The van der Waals surface area contributed by atoms with Crippen LogP contribution in [0.4, 0.5) is 0 Å². The molecule has 0 aromatic carbocycles. The van der Waals surface area contributed by atoms with Gasteiger partial charge in [-0.3, -0.25) is 9.59 Å². The van der Waals surface area contributed by atoms with E-state index in [-0.39, 0.29) is 19.4 Å². The van der Waals surface area contributed by atoms with Gasteiger partial charge in [0.2, 0.25) is 0 Å². The Morgan fingerprint density at radius 2 is 0.829 bits per heavy atom. The molecule has 2 rings (SSSR count). The Balaban J connectivity index is 1.75. The van der Waals surface area contributed by atoms with E-state index < -0.39 is 99.3 Å². The maximum absolute atomic E-state index is 13.1. The van der Waals surface area contributed by atoms with Crippen molar-refractivity contribution in [2.75, 3.05) is 26.4 Å². The molecular weight excluding hydrogens is 973 g/mol. The number of aliphatic hydroxyl groups excluding tert-OH is 7. The molecular formula is C61H106O15. The van der Waals surface area contributed by atoms with Crippen LogP contribution in [0.2, 0.25) is 0 Å². The van der Waals surface area contributed by atoms with Crippen LogP contribution in [0.15, 0.2) is 60.8 Å². The minimum absolute atomic E-state index is 0.159. The fourth-order valence-electron chi connectivity index (χ4n) is 9.19. The van der Waals surface area contributed by atoms with Gasteiger partial charge in [-0.15, -0.1) is 0 Å². The van der Waals surface area contributed by atoms with Crippen molar-refractivity contribution < 1.29 is 73.8 Å². The van der Waals surface area contributed by atoms with Crippen molar-refractivity contribution in [2.24, 2.45) is 0 Å². The van der Waals surface area contributed by atoms with Crippen LogP contribution in [0.3, 0.4) is 0 Å². The summed E-state index contributed by atoms with van der Waals surface area (Å²) < 4.78 is 33.7. The van der Waals surface area contributed by atoms with Crippen LogP contribution in [0.25, 0.3) is 0 Å². The molecule has 2 fully saturated rings. The first kappa shape index (κ1) is 69.3. The maximum Gasteiger partial charge on any atom is 0.306 e. The Hall–Kier alpha value is -2.80. The van der Waals surface area contributed by atoms with E-state index in [0.29, 0.717) is 12.8 Å². The topological polar surface area (TPSA) is 231 Å². The minimum atomic E-state index is -1.77. The molecule has 0 aliphatic carbocycles. The van der Waals surface area contributed by atoms with Crippen LogP contribution < -0.4 is 0 Å². The Labute approximate surface area is 458 Å². The molecule has 0 saturated carbocycles. The van der Waals surface area contributed by atoms with E-state index >= 15 is 0 Å². The molecule has 0 aromatic rings. The standard InChI is InChI=1S/C61H106O15/c1-3-5-7-9-11-13-15-17-19-21-23-24-26-28-30-32-34-36-38-40-42-44-53(64)74-49(46-71-52(63)43-41-39-37-35-33-31-29-27-25-22-20-18-16-14-12-10-8-6-4-2)47-72-60-59(70)57(68)55(66)51(76-60)48-73-61-58(69)56(67)54(65)50(45-62)75-61/h6,8,12,14,18,20,25,27,31,33,49-51,54-62,65-70H,3-5,7,9-11,13,15-17,19,21-24,26,28-30,32,34-48H2,1-2H3/b8-6+,14-12+,20-18+,27-25+,33-31+/t49-,50+,51+,54-,55-,56?,57?,58?,59?,60+,61+/m1/s1. The molecule has 76 heavy (non-hydrogen) atoms. The van der Waals surface area contributed by atoms with Crippen molar-refractivity contribution in [3.05, 3.63) is 60.8 Å². The summed E-state index contributed by atoms with van der Waals surface area (Å²) in [5, 5.41) is 72.3.